The second-order valence-electron chi connectivity index (χ2n) is 12.4. The Hall–Kier alpha value is -3.98. The molecule has 218 valence electrons. The standard InChI is InChI=1S/C39H46N2O/c1-26(2)33-18-13-19-34(27(3)4)39(33)41(8)21-20-40(7)38-28(5)22-32(23-29(38)6)42-25-37-35-16-11-9-14-30(35)24-31-15-10-12-17-36(31)37/h9-19,22-24,26-27H,20-21,25H2,1-8H3. The predicted octanol–water partition coefficient (Wildman–Crippen LogP) is 10.0. The molecule has 0 aliphatic heterocycles. The van der Waals surface area contributed by atoms with Crippen LogP contribution in [0.4, 0.5) is 11.4 Å². The number of nitrogens with zero attached hydrogens (tertiary/aromatic N) is 2. The zero-order valence-corrected chi connectivity index (χ0v) is 26.7. The monoisotopic (exact) mass is 558 g/mol. The van der Waals surface area contributed by atoms with E-state index in [4.69, 9.17) is 4.74 Å². The number of hydrogen-bond acceptors (Lipinski definition) is 3. The molecule has 0 heterocycles. The molecule has 0 radical (unpaired) electrons. The largest absolute Gasteiger partial charge is 0.489 e. The van der Waals surface area contributed by atoms with Crippen molar-refractivity contribution in [2.45, 2.75) is 60.0 Å². The van der Waals surface area contributed by atoms with Crippen LogP contribution in [0.25, 0.3) is 21.5 Å². The van der Waals surface area contributed by atoms with Crippen molar-refractivity contribution < 1.29 is 4.74 Å². The van der Waals surface area contributed by atoms with Crippen LogP contribution < -0.4 is 14.5 Å². The summed E-state index contributed by atoms with van der Waals surface area (Å²) in [5, 5.41) is 5.01. The summed E-state index contributed by atoms with van der Waals surface area (Å²) in [6.45, 7) is 16.0. The summed E-state index contributed by atoms with van der Waals surface area (Å²) in [7, 11) is 4.46. The van der Waals surface area contributed by atoms with E-state index >= 15 is 0 Å². The summed E-state index contributed by atoms with van der Waals surface area (Å²) in [6.07, 6.45) is 0. The molecule has 5 rings (SSSR count). The molecule has 0 saturated carbocycles. The molecule has 0 bridgehead atoms. The number of aryl methyl sites for hydroxylation is 2. The first-order valence-electron chi connectivity index (χ1n) is 15.3. The molecule has 0 N–H and O–H groups in total. The van der Waals surface area contributed by atoms with Gasteiger partial charge in [-0.2, -0.15) is 0 Å². The molecule has 5 aromatic carbocycles. The van der Waals surface area contributed by atoms with Gasteiger partial charge in [-0.15, -0.1) is 0 Å². The van der Waals surface area contributed by atoms with Crippen molar-refractivity contribution in [3.05, 3.63) is 113 Å². The summed E-state index contributed by atoms with van der Waals surface area (Å²) in [4.78, 5) is 4.86. The molecule has 42 heavy (non-hydrogen) atoms. The SMILES string of the molecule is Cc1cc(OCc2c3ccccc3cc3ccccc23)cc(C)c1N(C)CCN(C)c1c(C(C)C)cccc1C(C)C. The van der Waals surface area contributed by atoms with E-state index < -0.39 is 0 Å². The van der Waals surface area contributed by atoms with E-state index in [2.05, 4.69) is 150 Å². The second kappa shape index (κ2) is 12.5. The lowest BCUT2D eigenvalue weighted by molar-refractivity contribution is 0.308. The number of para-hydroxylation sites is 1. The number of ether oxygens (including phenoxy) is 1. The molecule has 3 heteroatoms. The Kier molecular flexibility index (Phi) is 8.77. The van der Waals surface area contributed by atoms with E-state index in [1.165, 1.54) is 60.7 Å². The maximum atomic E-state index is 6.51. The highest BCUT2D eigenvalue weighted by molar-refractivity contribution is 6.02. The first-order chi connectivity index (χ1) is 20.2. The zero-order valence-electron chi connectivity index (χ0n) is 26.7. The van der Waals surface area contributed by atoms with Gasteiger partial charge in [0, 0.05) is 44.1 Å². The van der Waals surface area contributed by atoms with Gasteiger partial charge in [0.15, 0.2) is 0 Å². The first kappa shape index (κ1) is 29.5. The van der Waals surface area contributed by atoms with Crippen molar-refractivity contribution in [2.24, 2.45) is 0 Å². The maximum absolute atomic E-state index is 6.51. The lowest BCUT2D eigenvalue weighted by Crippen LogP contribution is -2.32. The molecule has 0 aliphatic carbocycles. The van der Waals surface area contributed by atoms with Gasteiger partial charge in [-0.1, -0.05) is 94.4 Å². The summed E-state index contributed by atoms with van der Waals surface area (Å²) >= 11 is 0. The van der Waals surface area contributed by atoms with Crippen LogP contribution in [-0.2, 0) is 6.61 Å². The normalized spacial score (nSPS) is 11.6. The van der Waals surface area contributed by atoms with Gasteiger partial charge in [0.05, 0.1) is 0 Å². The van der Waals surface area contributed by atoms with Crippen LogP contribution >= 0.6 is 0 Å². The van der Waals surface area contributed by atoms with Crippen LogP contribution in [0.2, 0.25) is 0 Å². The third kappa shape index (κ3) is 5.97. The fraction of sp³-hybridized carbons (Fsp3) is 0.333. The molecular formula is C39H46N2O. The Balaban J connectivity index is 1.34. The fourth-order valence-electron chi connectivity index (χ4n) is 6.50. The van der Waals surface area contributed by atoms with Crippen molar-refractivity contribution in [2.75, 3.05) is 37.0 Å². The lowest BCUT2D eigenvalue weighted by atomic mass is 9.92. The third-order valence-corrected chi connectivity index (χ3v) is 8.61. The molecule has 0 aromatic heterocycles. The van der Waals surface area contributed by atoms with Gasteiger partial charge in [-0.05, 0) is 87.7 Å². The van der Waals surface area contributed by atoms with Crippen molar-refractivity contribution in [3.8, 4) is 5.75 Å². The number of likely N-dealkylation sites (N-methyl/N-ethyl adjacent to an activating group) is 2. The van der Waals surface area contributed by atoms with Gasteiger partial charge in [-0.25, -0.2) is 0 Å². The Bertz CT molecular complexity index is 1600. The van der Waals surface area contributed by atoms with Crippen LogP contribution in [-0.4, -0.2) is 27.2 Å². The highest BCUT2D eigenvalue weighted by Crippen LogP contribution is 2.36. The number of rotatable bonds is 10. The van der Waals surface area contributed by atoms with Crippen LogP contribution in [0.1, 0.15) is 67.3 Å². The van der Waals surface area contributed by atoms with Crippen molar-refractivity contribution in [3.63, 3.8) is 0 Å². The van der Waals surface area contributed by atoms with Crippen LogP contribution in [0.3, 0.4) is 0 Å². The lowest BCUT2D eigenvalue weighted by Gasteiger charge is -2.31. The van der Waals surface area contributed by atoms with Gasteiger partial charge in [-0.3, -0.25) is 0 Å². The molecule has 0 fully saturated rings. The van der Waals surface area contributed by atoms with Gasteiger partial charge in [0.1, 0.15) is 12.4 Å². The van der Waals surface area contributed by atoms with E-state index in [1.54, 1.807) is 0 Å². The van der Waals surface area contributed by atoms with Gasteiger partial charge in [0.2, 0.25) is 0 Å². The van der Waals surface area contributed by atoms with Crippen LogP contribution in [0.5, 0.6) is 5.75 Å². The molecule has 0 atom stereocenters. The van der Waals surface area contributed by atoms with E-state index in [0.717, 1.165) is 18.8 Å². The highest BCUT2D eigenvalue weighted by atomic mass is 16.5. The smallest absolute Gasteiger partial charge is 0.120 e. The summed E-state index contributed by atoms with van der Waals surface area (Å²) < 4.78 is 6.51. The zero-order chi connectivity index (χ0) is 30.0. The molecular weight excluding hydrogens is 512 g/mol. The molecule has 0 amide bonds. The Morgan fingerprint density at radius 1 is 0.595 bits per heavy atom. The van der Waals surface area contributed by atoms with Gasteiger partial charge < -0.3 is 14.5 Å². The van der Waals surface area contributed by atoms with E-state index in [1.807, 2.05) is 0 Å². The van der Waals surface area contributed by atoms with Crippen molar-refractivity contribution >= 4 is 32.9 Å². The number of fused-ring (bicyclic) bond motifs is 2. The van der Waals surface area contributed by atoms with Crippen molar-refractivity contribution in [1.82, 2.24) is 0 Å². The quantitative estimate of drug-likeness (QED) is 0.159. The average Bonchev–Trinajstić information content (AvgIpc) is 2.97. The molecule has 0 unspecified atom stereocenters. The average molecular weight is 559 g/mol. The summed E-state index contributed by atoms with van der Waals surface area (Å²) in [6, 6.07) is 30.7. The molecule has 0 saturated heterocycles. The Morgan fingerprint density at radius 2 is 1.07 bits per heavy atom. The molecule has 3 nitrogen and oxygen atoms in total. The summed E-state index contributed by atoms with van der Waals surface area (Å²) in [5.41, 5.74) is 9.26. The minimum atomic E-state index is 0.489. The van der Waals surface area contributed by atoms with Crippen LogP contribution in [0, 0.1) is 13.8 Å². The second-order valence-corrected chi connectivity index (χ2v) is 12.4. The maximum Gasteiger partial charge on any atom is 0.120 e. The predicted molar refractivity (Wildman–Crippen MR) is 183 cm³/mol. The number of anilines is 2. The summed E-state index contributed by atoms with van der Waals surface area (Å²) in [5.74, 6) is 1.90. The molecule has 5 aromatic rings. The van der Waals surface area contributed by atoms with Gasteiger partial charge in [0.25, 0.3) is 0 Å². The van der Waals surface area contributed by atoms with Gasteiger partial charge >= 0.3 is 0 Å². The third-order valence-electron chi connectivity index (χ3n) is 8.61. The fourth-order valence-corrected chi connectivity index (χ4v) is 6.50. The minimum absolute atomic E-state index is 0.489. The van der Waals surface area contributed by atoms with E-state index in [9.17, 15) is 0 Å². The van der Waals surface area contributed by atoms with Crippen LogP contribution in [0.15, 0.2) is 84.9 Å². The Morgan fingerprint density at radius 3 is 1.57 bits per heavy atom. The first-order valence-corrected chi connectivity index (χ1v) is 15.3. The topological polar surface area (TPSA) is 15.7 Å². The van der Waals surface area contributed by atoms with Crippen molar-refractivity contribution in [1.29, 1.82) is 0 Å². The Labute approximate surface area is 252 Å². The van der Waals surface area contributed by atoms with E-state index in [0.29, 0.717) is 18.4 Å². The molecule has 0 spiro atoms. The van der Waals surface area contributed by atoms with E-state index in [-0.39, 0.29) is 0 Å². The number of hydrogen-bond donors (Lipinski definition) is 0. The number of benzene rings is 5. The minimum Gasteiger partial charge on any atom is -0.489 e. The highest BCUT2D eigenvalue weighted by Gasteiger charge is 2.18. The molecule has 0 aliphatic rings.